The standard InChI is InChI=1S/C30H35N3O3/c34-28-19-23-13-9-10-16-26(23)33(30(28)36)27-17-18-32(24-14-7-2-1-3-8-15-24)21-25(27)29(35)31-20-22-11-5-4-6-12-22/h4-6,9-13,16,24H,1-3,7-8,14-15,17-21H2,(H,31,35). The number of anilines is 1. The molecule has 6 heteroatoms. The fourth-order valence-corrected chi connectivity index (χ4v) is 5.85. The number of nitrogens with zero attached hydrogens (tertiary/aromatic N) is 2. The molecule has 6 nitrogen and oxygen atoms in total. The van der Waals surface area contributed by atoms with Crippen molar-refractivity contribution in [2.75, 3.05) is 18.0 Å². The van der Waals surface area contributed by atoms with Crippen LogP contribution in [0.4, 0.5) is 5.69 Å². The van der Waals surface area contributed by atoms with Gasteiger partial charge in [-0.2, -0.15) is 0 Å². The molecule has 188 valence electrons. The van der Waals surface area contributed by atoms with E-state index in [1.807, 2.05) is 54.6 Å². The number of ketones is 1. The topological polar surface area (TPSA) is 69.7 Å². The molecule has 0 saturated heterocycles. The van der Waals surface area contributed by atoms with E-state index in [1.54, 1.807) is 0 Å². The second-order valence-electron chi connectivity index (χ2n) is 10.2. The molecule has 0 bridgehead atoms. The molecular formula is C30H35N3O3. The summed E-state index contributed by atoms with van der Waals surface area (Å²) in [5.41, 5.74) is 3.87. The molecule has 1 aliphatic carbocycles. The Morgan fingerprint density at radius 1 is 0.889 bits per heavy atom. The first-order chi connectivity index (χ1) is 17.6. The largest absolute Gasteiger partial charge is 0.348 e. The first-order valence-corrected chi connectivity index (χ1v) is 13.3. The van der Waals surface area contributed by atoms with Crippen LogP contribution >= 0.6 is 0 Å². The first-order valence-electron chi connectivity index (χ1n) is 13.3. The van der Waals surface area contributed by atoms with Gasteiger partial charge in [0.2, 0.25) is 5.78 Å². The van der Waals surface area contributed by atoms with E-state index >= 15 is 0 Å². The molecule has 1 fully saturated rings. The van der Waals surface area contributed by atoms with Crippen LogP contribution < -0.4 is 10.2 Å². The normalized spacial score (nSPS) is 20.1. The minimum atomic E-state index is -0.531. The van der Waals surface area contributed by atoms with Crippen LogP contribution in [-0.2, 0) is 27.3 Å². The van der Waals surface area contributed by atoms with Gasteiger partial charge in [0.25, 0.3) is 11.8 Å². The molecule has 1 saturated carbocycles. The number of rotatable bonds is 5. The highest BCUT2D eigenvalue weighted by atomic mass is 16.2. The lowest BCUT2D eigenvalue weighted by Gasteiger charge is -2.40. The number of para-hydroxylation sites is 1. The Hall–Kier alpha value is -3.25. The van der Waals surface area contributed by atoms with Crippen molar-refractivity contribution in [3.63, 3.8) is 0 Å². The zero-order chi connectivity index (χ0) is 24.9. The van der Waals surface area contributed by atoms with Crippen LogP contribution in [0.25, 0.3) is 0 Å². The minimum Gasteiger partial charge on any atom is -0.348 e. The highest BCUT2D eigenvalue weighted by Crippen LogP contribution is 2.35. The predicted molar refractivity (Wildman–Crippen MR) is 140 cm³/mol. The Balaban J connectivity index is 1.47. The molecule has 1 N–H and O–H groups in total. The molecule has 3 aliphatic rings. The Kier molecular flexibility index (Phi) is 7.61. The van der Waals surface area contributed by atoms with Gasteiger partial charge in [-0.05, 0) is 30.0 Å². The number of Topliss-reactive ketones (excluding diaryl/α,β-unsaturated/α-hetero) is 1. The number of carbonyl (C=O) groups is 3. The average Bonchev–Trinajstić information content (AvgIpc) is 2.88. The lowest BCUT2D eigenvalue weighted by molar-refractivity contribution is -0.136. The summed E-state index contributed by atoms with van der Waals surface area (Å²) in [6, 6.07) is 17.8. The van der Waals surface area contributed by atoms with Crippen molar-refractivity contribution < 1.29 is 14.4 Å². The number of amides is 2. The zero-order valence-electron chi connectivity index (χ0n) is 20.9. The van der Waals surface area contributed by atoms with E-state index in [1.165, 1.54) is 37.0 Å². The first kappa shape index (κ1) is 24.4. The summed E-state index contributed by atoms with van der Waals surface area (Å²) in [4.78, 5) is 43.5. The highest BCUT2D eigenvalue weighted by Gasteiger charge is 2.38. The molecule has 5 rings (SSSR count). The Morgan fingerprint density at radius 3 is 2.36 bits per heavy atom. The van der Waals surface area contributed by atoms with Crippen molar-refractivity contribution in [3.05, 3.63) is 77.0 Å². The monoisotopic (exact) mass is 485 g/mol. The van der Waals surface area contributed by atoms with Gasteiger partial charge in [0.15, 0.2) is 0 Å². The molecule has 2 aromatic carbocycles. The predicted octanol–water partition coefficient (Wildman–Crippen LogP) is 4.53. The van der Waals surface area contributed by atoms with Crippen molar-refractivity contribution in [2.24, 2.45) is 0 Å². The molecule has 0 atom stereocenters. The van der Waals surface area contributed by atoms with E-state index in [-0.39, 0.29) is 12.3 Å². The summed E-state index contributed by atoms with van der Waals surface area (Å²) >= 11 is 0. The maximum absolute atomic E-state index is 13.7. The van der Waals surface area contributed by atoms with Gasteiger partial charge in [0.05, 0.1) is 11.3 Å². The molecule has 2 heterocycles. The third-order valence-electron chi connectivity index (χ3n) is 7.80. The fraction of sp³-hybridized carbons (Fsp3) is 0.433. The summed E-state index contributed by atoms with van der Waals surface area (Å²) in [6.07, 6.45) is 9.29. The molecule has 0 radical (unpaired) electrons. The summed E-state index contributed by atoms with van der Waals surface area (Å²) in [5, 5.41) is 3.09. The Morgan fingerprint density at radius 2 is 1.58 bits per heavy atom. The SMILES string of the molecule is O=C1Cc2ccccc2N(C2=C(C(=O)NCc3ccccc3)CN(C3CCCCCCC3)CC2)C1=O. The molecule has 0 aromatic heterocycles. The van der Waals surface area contributed by atoms with E-state index in [4.69, 9.17) is 0 Å². The number of carbonyl (C=O) groups excluding carboxylic acids is 3. The van der Waals surface area contributed by atoms with Crippen molar-refractivity contribution in [1.82, 2.24) is 10.2 Å². The minimum absolute atomic E-state index is 0.114. The van der Waals surface area contributed by atoms with E-state index in [9.17, 15) is 14.4 Å². The molecular weight excluding hydrogens is 450 g/mol. The number of fused-ring (bicyclic) bond motifs is 1. The van der Waals surface area contributed by atoms with Crippen LogP contribution in [0.1, 0.15) is 62.5 Å². The Bertz CT molecular complexity index is 1150. The number of hydrogen-bond donors (Lipinski definition) is 1. The van der Waals surface area contributed by atoms with E-state index < -0.39 is 11.7 Å². The van der Waals surface area contributed by atoms with Crippen LogP contribution in [-0.4, -0.2) is 41.6 Å². The van der Waals surface area contributed by atoms with Crippen LogP contribution in [0.5, 0.6) is 0 Å². The lowest BCUT2D eigenvalue weighted by Crippen LogP contribution is -2.49. The van der Waals surface area contributed by atoms with Gasteiger partial charge in [0.1, 0.15) is 0 Å². The van der Waals surface area contributed by atoms with Crippen LogP contribution in [0.15, 0.2) is 65.9 Å². The average molecular weight is 486 g/mol. The van der Waals surface area contributed by atoms with Gasteiger partial charge in [-0.15, -0.1) is 0 Å². The van der Waals surface area contributed by atoms with Crippen molar-refractivity contribution in [3.8, 4) is 0 Å². The van der Waals surface area contributed by atoms with Crippen molar-refractivity contribution >= 4 is 23.3 Å². The molecule has 2 amide bonds. The van der Waals surface area contributed by atoms with Gasteiger partial charge >= 0.3 is 0 Å². The Labute approximate surface area is 213 Å². The van der Waals surface area contributed by atoms with Crippen LogP contribution in [0.3, 0.4) is 0 Å². The van der Waals surface area contributed by atoms with Crippen LogP contribution in [0, 0.1) is 0 Å². The van der Waals surface area contributed by atoms with Gasteiger partial charge in [0, 0.05) is 44.2 Å². The van der Waals surface area contributed by atoms with Crippen molar-refractivity contribution in [2.45, 2.75) is 70.4 Å². The van der Waals surface area contributed by atoms with Gasteiger partial charge in [-0.3, -0.25) is 24.2 Å². The van der Waals surface area contributed by atoms with E-state index in [0.717, 1.165) is 36.2 Å². The highest BCUT2D eigenvalue weighted by molar-refractivity contribution is 6.44. The third kappa shape index (κ3) is 5.29. The molecule has 36 heavy (non-hydrogen) atoms. The van der Waals surface area contributed by atoms with E-state index in [2.05, 4.69) is 10.2 Å². The summed E-state index contributed by atoms with van der Waals surface area (Å²) in [7, 11) is 0. The van der Waals surface area contributed by atoms with Gasteiger partial charge in [-0.1, -0.05) is 80.6 Å². The molecule has 2 aliphatic heterocycles. The second kappa shape index (κ2) is 11.2. The third-order valence-corrected chi connectivity index (χ3v) is 7.80. The summed E-state index contributed by atoms with van der Waals surface area (Å²) in [6.45, 7) is 1.71. The molecule has 0 spiro atoms. The zero-order valence-corrected chi connectivity index (χ0v) is 20.9. The molecule has 0 unspecified atom stereocenters. The molecule has 2 aromatic rings. The number of benzene rings is 2. The lowest BCUT2D eigenvalue weighted by atomic mass is 9.92. The maximum atomic E-state index is 13.7. The number of nitrogens with one attached hydrogen (secondary N) is 1. The van der Waals surface area contributed by atoms with Crippen LogP contribution in [0.2, 0.25) is 0 Å². The second-order valence-corrected chi connectivity index (χ2v) is 10.2. The van der Waals surface area contributed by atoms with Crippen molar-refractivity contribution in [1.29, 1.82) is 0 Å². The van der Waals surface area contributed by atoms with Gasteiger partial charge in [-0.25, -0.2) is 0 Å². The van der Waals surface area contributed by atoms with E-state index in [0.29, 0.717) is 36.8 Å². The fourth-order valence-electron chi connectivity index (χ4n) is 5.85. The number of hydrogen-bond acceptors (Lipinski definition) is 4. The maximum Gasteiger partial charge on any atom is 0.299 e. The van der Waals surface area contributed by atoms with Gasteiger partial charge < -0.3 is 5.32 Å². The quantitative estimate of drug-likeness (QED) is 0.632. The summed E-state index contributed by atoms with van der Waals surface area (Å²) < 4.78 is 0. The summed E-state index contributed by atoms with van der Waals surface area (Å²) in [5.74, 6) is -1.11. The smallest absolute Gasteiger partial charge is 0.299 e.